The van der Waals surface area contributed by atoms with Gasteiger partial charge in [0.2, 0.25) is 0 Å². The molecular weight excluding hydrogens is 356 g/mol. The Labute approximate surface area is 163 Å². The number of hydrogen-bond acceptors (Lipinski definition) is 5. The van der Waals surface area contributed by atoms with Crippen molar-refractivity contribution in [2.24, 2.45) is 0 Å². The van der Waals surface area contributed by atoms with Gasteiger partial charge in [0, 0.05) is 23.4 Å². The molecule has 28 heavy (non-hydrogen) atoms. The quantitative estimate of drug-likeness (QED) is 0.484. The molecule has 5 nitrogen and oxygen atoms in total. The Morgan fingerprint density at radius 1 is 1.07 bits per heavy atom. The van der Waals surface area contributed by atoms with Crippen LogP contribution in [0.4, 0.5) is 0 Å². The summed E-state index contributed by atoms with van der Waals surface area (Å²) in [5.41, 5.74) is 2.08. The van der Waals surface area contributed by atoms with Crippen LogP contribution in [0.5, 0.6) is 5.75 Å². The summed E-state index contributed by atoms with van der Waals surface area (Å²) in [5, 5.41) is 0.843. The Morgan fingerprint density at radius 3 is 2.46 bits per heavy atom. The lowest BCUT2D eigenvalue weighted by Crippen LogP contribution is -2.27. The van der Waals surface area contributed by atoms with Crippen LogP contribution >= 0.6 is 0 Å². The standard InChI is InChI=1S/C23H24O5/c1-15-18-11-10-17(26-14-21(24)28-23(2,3)4)13-20(18)27-22(25)19(15)12-16-8-6-5-7-9-16/h5-11,13H,12,14H2,1-4H3. The molecule has 0 N–H and O–H groups in total. The number of benzene rings is 2. The van der Waals surface area contributed by atoms with Gasteiger partial charge in [0.25, 0.3) is 0 Å². The molecule has 0 amide bonds. The van der Waals surface area contributed by atoms with Crippen molar-refractivity contribution in [1.82, 2.24) is 0 Å². The van der Waals surface area contributed by atoms with E-state index in [4.69, 9.17) is 13.9 Å². The average Bonchev–Trinajstić information content (AvgIpc) is 2.63. The first-order valence-corrected chi connectivity index (χ1v) is 9.18. The van der Waals surface area contributed by atoms with Gasteiger partial charge in [0.15, 0.2) is 6.61 Å². The minimum absolute atomic E-state index is 0.210. The molecule has 0 spiro atoms. The Kier molecular flexibility index (Phi) is 5.54. The molecule has 0 aliphatic rings. The van der Waals surface area contributed by atoms with Gasteiger partial charge in [-0.15, -0.1) is 0 Å². The lowest BCUT2D eigenvalue weighted by molar-refractivity contribution is -0.157. The van der Waals surface area contributed by atoms with Gasteiger partial charge in [-0.2, -0.15) is 0 Å². The van der Waals surface area contributed by atoms with E-state index >= 15 is 0 Å². The van der Waals surface area contributed by atoms with E-state index in [2.05, 4.69) is 0 Å². The lowest BCUT2D eigenvalue weighted by atomic mass is 10.00. The van der Waals surface area contributed by atoms with E-state index in [0.29, 0.717) is 23.3 Å². The molecule has 0 saturated carbocycles. The van der Waals surface area contributed by atoms with Gasteiger partial charge in [-0.1, -0.05) is 30.3 Å². The van der Waals surface area contributed by atoms with E-state index in [9.17, 15) is 9.59 Å². The minimum atomic E-state index is -0.567. The lowest BCUT2D eigenvalue weighted by Gasteiger charge is -2.19. The van der Waals surface area contributed by atoms with Crippen LogP contribution in [-0.4, -0.2) is 18.2 Å². The maximum absolute atomic E-state index is 12.5. The second kappa shape index (κ2) is 7.89. The maximum Gasteiger partial charge on any atom is 0.344 e. The summed E-state index contributed by atoms with van der Waals surface area (Å²) in [6, 6.07) is 15.0. The molecule has 146 valence electrons. The summed E-state index contributed by atoms with van der Waals surface area (Å²) >= 11 is 0. The summed E-state index contributed by atoms with van der Waals surface area (Å²) in [7, 11) is 0. The highest BCUT2D eigenvalue weighted by Gasteiger charge is 2.17. The summed E-state index contributed by atoms with van der Waals surface area (Å²) in [6.45, 7) is 7.10. The van der Waals surface area contributed by atoms with Gasteiger partial charge in [0.1, 0.15) is 16.9 Å². The van der Waals surface area contributed by atoms with Crippen molar-refractivity contribution in [3.63, 3.8) is 0 Å². The molecular formula is C23H24O5. The highest BCUT2D eigenvalue weighted by atomic mass is 16.6. The molecule has 0 saturated heterocycles. The van der Waals surface area contributed by atoms with Gasteiger partial charge in [-0.25, -0.2) is 9.59 Å². The van der Waals surface area contributed by atoms with E-state index in [1.54, 1.807) is 32.9 Å². The topological polar surface area (TPSA) is 65.7 Å². The first-order chi connectivity index (χ1) is 13.2. The van der Waals surface area contributed by atoms with Crippen LogP contribution in [0.15, 0.2) is 57.7 Å². The van der Waals surface area contributed by atoms with Crippen molar-refractivity contribution in [3.8, 4) is 5.75 Å². The van der Waals surface area contributed by atoms with Gasteiger partial charge >= 0.3 is 11.6 Å². The summed E-state index contributed by atoms with van der Waals surface area (Å²) in [6.07, 6.45) is 0.516. The van der Waals surface area contributed by atoms with E-state index in [0.717, 1.165) is 16.5 Å². The molecule has 0 aliphatic heterocycles. The molecule has 3 aromatic rings. The molecule has 5 heteroatoms. The molecule has 0 radical (unpaired) electrons. The molecule has 0 atom stereocenters. The zero-order chi connectivity index (χ0) is 20.3. The predicted molar refractivity (Wildman–Crippen MR) is 108 cm³/mol. The highest BCUT2D eigenvalue weighted by Crippen LogP contribution is 2.25. The van der Waals surface area contributed by atoms with Crippen LogP contribution in [0, 0.1) is 6.92 Å². The normalized spacial score (nSPS) is 11.4. The zero-order valence-electron chi connectivity index (χ0n) is 16.6. The van der Waals surface area contributed by atoms with Crippen molar-refractivity contribution < 1.29 is 18.7 Å². The smallest absolute Gasteiger partial charge is 0.344 e. The van der Waals surface area contributed by atoms with Crippen molar-refractivity contribution >= 4 is 16.9 Å². The molecule has 3 rings (SSSR count). The zero-order valence-corrected chi connectivity index (χ0v) is 16.6. The second-order valence-corrected chi connectivity index (χ2v) is 7.69. The summed E-state index contributed by atoms with van der Waals surface area (Å²) in [5.74, 6) is -0.0137. The number of ether oxygens (including phenoxy) is 2. The van der Waals surface area contributed by atoms with Crippen LogP contribution < -0.4 is 10.4 Å². The van der Waals surface area contributed by atoms with E-state index in [1.165, 1.54) is 0 Å². The molecule has 0 bridgehead atoms. The van der Waals surface area contributed by atoms with Crippen LogP contribution in [0.2, 0.25) is 0 Å². The fraction of sp³-hybridized carbons (Fsp3) is 0.304. The number of carbonyl (C=O) groups is 1. The van der Waals surface area contributed by atoms with E-state index in [-0.39, 0.29) is 12.2 Å². The van der Waals surface area contributed by atoms with Crippen molar-refractivity contribution in [1.29, 1.82) is 0 Å². The Hall–Kier alpha value is -3.08. The Morgan fingerprint density at radius 2 is 1.79 bits per heavy atom. The Bertz CT molecular complexity index is 1040. The third kappa shape index (κ3) is 4.80. The predicted octanol–water partition coefficient (Wildman–Crippen LogP) is 4.41. The van der Waals surface area contributed by atoms with Crippen LogP contribution in [-0.2, 0) is 16.0 Å². The number of carbonyl (C=O) groups excluding carboxylic acids is 1. The first kappa shape index (κ1) is 19.7. The average molecular weight is 380 g/mol. The fourth-order valence-corrected chi connectivity index (χ4v) is 2.98. The van der Waals surface area contributed by atoms with E-state index < -0.39 is 11.6 Å². The monoisotopic (exact) mass is 380 g/mol. The fourth-order valence-electron chi connectivity index (χ4n) is 2.98. The molecule has 0 aliphatic carbocycles. The number of fused-ring (bicyclic) bond motifs is 1. The number of rotatable bonds is 5. The first-order valence-electron chi connectivity index (χ1n) is 9.18. The van der Waals surface area contributed by atoms with Crippen molar-refractivity contribution in [3.05, 3.63) is 75.6 Å². The minimum Gasteiger partial charge on any atom is -0.482 e. The SMILES string of the molecule is Cc1c(Cc2ccccc2)c(=O)oc2cc(OCC(=O)OC(C)(C)C)ccc12. The highest BCUT2D eigenvalue weighted by molar-refractivity contribution is 5.82. The second-order valence-electron chi connectivity index (χ2n) is 7.69. The van der Waals surface area contributed by atoms with E-state index in [1.807, 2.05) is 43.3 Å². The van der Waals surface area contributed by atoms with Crippen molar-refractivity contribution in [2.45, 2.75) is 39.7 Å². The number of esters is 1. The van der Waals surface area contributed by atoms with Crippen LogP contribution in [0.1, 0.15) is 37.5 Å². The molecule has 0 unspecified atom stereocenters. The summed E-state index contributed by atoms with van der Waals surface area (Å²) in [4.78, 5) is 24.3. The molecule has 0 fully saturated rings. The van der Waals surface area contributed by atoms with Gasteiger partial charge in [-0.3, -0.25) is 0 Å². The largest absolute Gasteiger partial charge is 0.482 e. The van der Waals surface area contributed by atoms with Crippen molar-refractivity contribution in [2.75, 3.05) is 6.61 Å². The molecule has 1 heterocycles. The molecule has 1 aromatic heterocycles. The third-order valence-electron chi connectivity index (χ3n) is 4.26. The van der Waals surface area contributed by atoms with Crippen LogP contribution in [0.3, 0.4) is 0 Å². The number of aryl methyl sites for hydroxylation is 1. The molecule has 2 aromatic carbocycles. The van der Waals surface area contributed by atoms with Gasteiger partial charge < -0.3 is 13.9 Å². The summed E-state index contributed by atoms with van der Waals surface area (Å²) < 4.78 is 16.2. The maximum atomic E-state index is 12.5. The van der Waals surface area contributed by atoms with Gasteiger partial charge in [-0.05, 0) is 51.0 Å². The Balaban J connectivity index is 1.82. The van der Waals surface area contributed by atoms with Gasteiger partial charge in [0.05, 0.1) is 0 Å². The third-order valence-corrected chi connectivity index (χ3v) is 4.26. The number of hydrogen-bond donors (Lipinski definition) is 0. The van der Waals surface area contributed by atoms with Crippen LogP contribution in [0.25, 0.3) is 11.0 Å².